The molecule has 1 atom stereocenters. The molecule has 0 radical (unpaired) electrons. The summed E-state index contributed by atoms with van der Waals surface area (Å²) in [5.41, 5.74) is 0.0456. The van der Waals surface area contributed by atoms with Crippen molar-refractivity contribution in [3.8, 4) is 11.5 Å². The summed E-state index contributed by atoms with van der Waals surface area (Å²) >= 11 is 0. The molecule has 9 heteroatoms. The number of nitrogens with one attached hydrogen (secondary N) is 1. The lowest BCUT2D eigenvalue weighted by Gasteiger charge is -2.38. The van der Waals surface area contributed by atoms with Crippen LogP contribution in [-0.4, -0.2) is 51.5 Å². The highest BCUT2D eigenvalue weighted by Crippen LogP contribution is 2.31. The molecule has 2 amide bonds. The lowest BCUT2D eigenvalue weighted by atomic mass is 10.1. The Labute approximate surface area is 207 Å². The normalized spacial score (nSPS) is 17.2. The first-order chi connectivity index (χ1) is 17.3. The first-order valence-corrected chi connectivity index (χ1v) is 11.9. The lowest BCUT2D eigenvalue weighted by Crippen LogP contribution is -2.52. The van der Waals surface area contributed by atoms with Crippen LogP contribution in [0.3, 0.4) is 0 Å². The van der Waals surface area contributed by atoms with E-state index in [1.807, 2.05) is 6.07 Å². The summed E-state index contributed by atoms with van der Waals surface area (Å²) in [6.07, 6.45) is 1.27. The molecule has 1 N–H and O–H groups in total. The molecule has 2 aliphatic heterocycles. The molecule has 1 saturated heterocycles. The molecule has 0 bridgehead atoms. The number of pyridine rings is 1. The van der Waals surface area contributed by atoms with Gasteiger partial charge in [-0.05, 0) is 43.7 Å². The number of fused-ring (bicyclic) bond motifs is 2. The zero-order valence-corrected chi connectivity index (χ0v) is 20.1. The van der Waals surface area contributed by atoms with E-state index < -0.39 is 11.3 Å². The van der Waals surface area contributed by atoms with Gasteiger partial charge in [-0.25, -0.2) is 4.39 Å². The molecule has 5 rings (SSSR count). The number of carbonyl (C=O) groups is 2. The average Bonchev–Trinajstić information content (AvgIpc) is 3.30. The van der Waals surface area contributed by atoms with Gasteiger partial charge < -0.3 is 19.5 Å². The Bertz CT molecular complexity index is 1350. The summed E-state index contributed by atoms with van der Waals surface area (Å²) in [4.78, 5) is 44.2. The second kappa shape index (κ2) is 9.58. The van der Waals surface area contributed by atoms with E-state index in [2.05, 4.69) is 24.1 Å². The second-order valence-corrected chi connectivity index (χ2v) is 9.24. The Morgan fingerprint density at radius 3 is 2.50 bits per heavy atom. The van der Waals surface area contributed by atoms with Crippen LogP contribution in [0.2, 0.25) is 0 Å². The third kappa shape index (κ3) is 4.37. The third-order valence-corrected chi connectivity index (χ3v) is 6.64. The quantitative estimate of drug-likeness (QED) is 0.574. The molecule has 3 aromatic rings. The summed E-state index contributed by atoms with van der Waals surface area (Å²) in [5, 5.41) is 2.72. The Balaban J connectivity index is 1.54. The summed E-state index contributed by atoms with van der Waals surface area (Å²) < 4.78 is 20.8. The highest BCUT2D eigenvalue weighted by molar-refractivity contribution is 5.99. The second-order valence-electron chi connectivity index (χ2n) is 9.24. The topological polar surface area (TPSA) is 83.9 Å². The summed E-state index contributed by atoms with van der Waals surface area (Å²) in [7, 11) is 0. The molecule has 36 heavy (non-hydrogen) atoms. The van der Waals surface area contributed by atoms with E-state index >= 15 is 0 Å². The Morgan fingerprint density at radius 2 is 1.81 bits per heavy atom. The SMILES string of the molecule is CC(C)N1CCN2C(=O)c3c(Oc4ccccc4)c(=O)c(C(=O)NCc4ccc(F)cc4)cn3CC21. The maximum atomic E-state index is 13.6. The van der Waals surface area contributed by atoms with Crippen molar-refractivity contribution >= 4 is 11.8 Å². The molecular formula is C27H27FN4O4. The third-order valence-electron chi connectivity index (χ3n) is 6.64. The molecule has 0 spiro atoms. The van der Waals surface area contributed by atoms with Gasteiger partial charge in [0, 0.05) is 31.9 Å². The molecule has 2 aromatic carbocycles. The number of carbonyl (C=O) groups excluding carboxylic acids is 2. The largest absolute Gasteiger partial charge is 0.451 e. The van der Waals surface area contributed by atoms with Gasteiger partial charge >= 0.3 is 0 Å². The summed E-state index contributed by atoms with van der Waals surface area (Å²) in [6, 6.07) is 14.7. The van der Waals surface area contributed by atoms with Crippen LogP contribution in [0.5, 0.6) is 11.5 Å². The van der Waals surface area contributed by atoms with Crippen molar-refractivity contribution in [3.05, 3.63) is 93.7 Å². The van der Waals surface area contributed by atoms with Gasteiger partial charge in [-0.2, -0.15) is 0 Å². The highest BCUT2D eigenvalue weighted by Gasteiger charge is 2.43. The molecule has 0 aliphatic carbocycles. The van der Waals surface area contributed by atoms with Crippen LogP contribution in [0, 0.1) is 5.82 Å². The highest BCUT2D eigenvalue weighted by atomic mass is 19.1. The maximum absolute atomic E-state index is 13.6. The van der Waals surface area contributed by atoms with Gasteiger partial charge in [0.2, 0.25) is 11.2 Å². The lowest BCUT2D eigenvalue weighted by molar-refractivity contribution is 0.0453. The zero-order valence-electron chi connectivity index (χ0n) is 20.1. The molecule has 1 unspecified atom stereocenters. The van der Waals surface area contributed by atoms with Gasteiger partial charge in [0.25, 0.3) is 11.8 Å². The van der Waals surface area contributed by atoms with E-state index in [1.165, 1.54) is 18.3 Å². The number of hydrogen-bond donors (Lipinski definition) is 1. The standard InChI is InChI=1S/C27H27FN4O4/c1-17(2)31-12-13-32-22(31)16-30-15-21(26(34)29-14-18-8-10-19(28)11-9-18)24(33)25(23(30)27(32)35)36-20-6-4-3-5-7-20/h3-11,15,17,22H,12-14,16H2,1-2H3,(H,29,34). The van der Waals surface area contributed by atoms with Crippen molar-refractivity contribution in [2.24, 2.45) is 0 Å². The van der Waals surface area contributed by atoms with Gasteiger partial charge in [0.1, 0.15) is 23.3 Å². The van der Waals surface area contributed by atoms with Gasteiger partial charge in [-0.1, -0.05) is 30.3 Å². The van der Waals surface area contributed by atoms with Crippen LogP contribution in [0.25, 0.3) is 0 Å². The van der Waals surface area contributed by atoms with Crippen LogP contribution in [0.15, 0.2) is 65.6 Å². The Kier molecular flexibility index (Phi) is 6.32. The number of amides is 2. The van der Waals surface area contributed by atoms with Crippen LogP contribution >= 0.6 is 0 Å². The molecule has 8 nitrogen and oxygen atoms in total. The van der Waals surface area contributed by atoms with Gasteiger partial charge in [0.05, 0.1) is 6.54 Å². The van der Waals surface area contributed by atoms with E-state index in [4.69, 9.17) is 4.74 Å². The van der Waals surface area contributed by atoms with E-state index in [0.717, 1.165) is 6.54 Å². The number of ether oxygens (including phenoxy) is 1. The minimum Gasteiger partial charge on any atom is -0.451 e. The first kappa shape index (κ1) is 23.7. The number of nitrogens with zero attached hydrogens (tertiary/aromatic N) is 3. The molecular weight excluding hydrogens is 463 g/mol. The van der Waals surface area contributed by atoms with Crippen LogP contribution in [-0.2, 0) is 13.1 Å². The summed E-state index contributed by atoms with van der Waals surface area (Å²) in [5.74, 6) is -1.04. The fourth-order valence-corrected chi connectivity index (χ4v) is 4.80. The van der Waals surface area contributed by atoms with Crippen LogP contribution in [0.4, 0.5) is 4.39 Å². The van der Waals surface area contributed by atoms with Gasteiger partial charge in [0.15, 0.2) is 5.69 Å². The van der Waals surface area contributed by atoms with E-state index in [-0.39, 0.29) is 47.5 Å². The van der Waals surface area contributed by atoms with E-state index in [9.17, 15) is 18.8 Å². The fraction of sp³-hybridized carbons (Fsp3) is 0.296. The summed E-state index contributed by atoms with van der Waals surface area (Å²) in [6.45, 7) is 5.96. The smallest absolute Gasteiger partial charge is 0.275 e. The number of hydrogen-bond acceptors (Lipinski definition) is 5. The number of halogens is 1. The zero-order chi connectivity index (χ0) is 25.4. The molecule has 0 saturated carbocycles. The molecule has 3 heterocycles. The predicted molar refractivity (Wildman–Crippen MR) is 131 cm³/mol. The van der Waals surface area contributed by atoms with Crippen molar-refractivity contribution in [2.45, 2.75) is 39.1 Å². The molecule has 2 aliphatic rings. The number of para-hydroxylation sites is 1. The Morgan fingerprint density at radius 1 is 1.08 bits per heavy atom. The minimum atomic E-state index is -0.659. The monoisotopic (exact) mass is 490 g/mol. The van der Waals surface area contributed by atoms with Crippen LogP contribution in [0.1, 0.15) is 40.3 Å². The minimum absolute atomic E-state index is 0.117. The van der Waals surface area contributed by atoms with Crippen molar-refractivity contribution in [2.75, 3.05) is 13.1 Å². The molecule has 1 aromatic heterocycles. The van der Waals surface area contributed by atoms with Crippen molar-refractivity contribution < 1.29 is 18.7 Å². The van der Waals surface area contributed by atoms with Gasteiger partial charge in [-0.3, -0.25) is 19.3 Å². The van der Waals surface area contributed by atoms with Gasteiger partial charge in [-0.15, -0.1) is 0 Å². The van der Waals surface area contributed by atoms with E-state index in [0.29, 0.717) is 24.4 Å². The predicted octanol–water partition coefficient (Wildman–Crippen LogP) is 3.22. The maximum Gasteiger partial charge on any atom is 0.275 e. The van der Waals surface area contributed by atoms with Crippen molar-refractivity contribution in [1.29, 1.82) is 0 Å². The van der Waals surface area contributed by atoms with E-state index in [1.54, 1.807) is 45.9 Å². The van der Waals surface area contributed by atoms with Crippen LogP contribution < -0.4 is 15.5 Å². The number of rotatable bonds is 6. The van der Waals surface area contributed by atoms with Crippen molar-refractivity contribution in [3.63, 3.8) is 0 Å². The number of benzene rings is 2. The van der Waals surface area contributed by atoms with Crippen molar-refractivity contribution in [1.82, 2.24) is 19.7 Å². The molecule has 1 fully saturated rings. The first-order valence-electron chi connectivity index (χ1n) is 11.9. The Hall–Kier alpha value is -3.98. The average molecular weight is 491 g/mol. The molecule has 186 valence electrons. The fourth-order valence-electron chi connectivity index (χ4n) is 4.80. The number of aromatic nitrogens is 1.